The lowest BCUT2D eigenvalue weighted by molar-refractivity contribution is 0.311. The lowest BCUT2D eigenvalue weighted by Gasteiger charge is -2.24. The van der Waals surface area contributed by atoms with Crippen LogP contribution in [-0.4, -0.2) is 23.1 Å². The molecule has 0 saturated carbocycles. The van der Waals surface area contributed by atoms with Crippen LogP contribution in [-0.2, 0) is 13.0 Å². The maximum Gasteiger partial charge on any atom is 0.123 e. The molecule has 1 aliphatic heterocycles. The standard InChI is InChI=1S/C18H16ClFN2.ClH/c1-21-9-8-18-16(11-21)15-10-12(19)2-7-17(15)22(18)14-5-3-13(20)4-6-14;/h2-7,10H,8-9,11H2,1H3;1H. The molecule has 0 spiro atoms. The van der Waals surface area contributed by atoms with E-state index < -0.39 is 0 Å². The van der Waals surface area contributed by atoms with Gasteiger partial charge in [0.05, 0.1) is 5.52 Å². The highest BCUT2D eigenvalue weighted by molar-refractivity contribution is 6.31. The Hall–Kier alpha value is -1.55. The molecule has 0 atom stereocenters. The minimum absolute atomic E-state index is 0. The van der Waals surface area contributed by atoms with Gasteiger partial charge in [0, 0.05) is 41.3 Å². The molecule has 1 aromatic heterocycles. The van der Waals surface area contributed by atoms with Gasteiger partial charge in [0.25, 0.3) is 0 Å². The summed E-state index contributed by atoms with van der Waals surface area (Å²) < 4.78 is 15.5. The molecule has 5 heteroatoms. The van der Waals surface area contributed by atoms with Crippen molar-refractivity contribution in [1.29, 1.82) is 0 Å². The second kappa shape index (κ2) is 6.16. The summed E-state index contributed by atoms with van der Waals surface area (Å²) in [6.07, 6.45) is 0.982. The molecule has 2 aromatic carbocycles. The van der Waals surface area contributed by atoms with Crippen LogP contribution >= 0.6 is 24.0 Å². The Morgan fingerprint density at radius 3 is 2.57 bits per heavy atom. The van der Waals surface area contributed by atoms with Crippen LogP contribution in [0.1, 0.15) is 11.3 Å². The Morgan fingerprint density at radius 2 is 1.83 bits per heavy atom. The quantitative estimate of drug-likeness (QED) is 0.610. The van der Waals surface area contributed by atoms with Gasteiger partial charge in [0.15, 0.2) is 0 Å². The van der Waals surface area contributed by atoms with Gasteiger partial charge in [0.2, 0.25) is 0 Å². The van der Waals surface area contributed by atoms with Gasteiger partial charge in [-0.2, -0.15) is 0 Å². The number of hydrogen-bond donors (Lipinski definition) is 0. The lowest BCUT2D eigenvalue weighted by atomic mass is 10.1. The number of fused-ring (bicyclic) bond motifs is 3. The van der Waals surface area contributed by atoms with Crippen LogP contribution in [0, 0.1) is 5.82 Å². The molecule has 23 heavy (non-hydrogen) atoms. The first-order chi connectivity index (χ1) is 10.6. The Morgan fingerprint density at radius 1 is 1.09 bits per heavy atom. The predicted octanol–water partition coefficient (Wildman–Crippen LogP) is 4.83. The van der Waals surface area contributed by atoms with Crippen LogP contribution in [0.2, 0.25) is 5.02 Å². The molecule has 0 amide bonds. The fourth-order valence-electron chi connectivity index (χ4n) is 3.35. The first-order valence-electron chi connectivity index (χ1n) is 7.39. The van der Waals surface area contributed by atoms with Crippen molar-refractivity contribution in [2.45, 2.75) is 13.0 Å². The molecular formula is C18H17Cl2FN2. The van der Waals surface area contributed by atoms with E-state index in [1.807, 2.05) is 24.3 Å². The van der Waals surface area contributed by atoms with Gasteiger partial charge in [-0.3, -0.25) is 0 Å². The van der Waals surface area contributed by atoms with E-state index in [0.29, 0.717) is 0 Å². The molecule has 2 nitrogen and oxygen atoms in total. The monoisotopic (exact) mass is 350 g/mol. The highest BCUT2D eigenvalue weighted by Crippen LogP contribution is 2.34. The van der Waals surface area contributed by atoms with Crippen LogP contribution in [0.5, 0.6) is 0 Å². The van der Waals surface area contributed by atoms with Crippen LogP contribution in [0.4, 0.5) is 4.39 Å². The summed E-state index contributed by atoms with van der Waals surface area (Å²) in [7, 11) is 2.13. The molecule has 0 unspecified atom stereocenters. The van der Waals surface area contributed by atoms with Crippen LogP contribution in [0.3, 0.4) is 0 Å². The molecule has 0 aliphatic carbocycles. The summed E-state index contributed by atoms with van der Waals surface area (Å²) in [4.78, 5) is 2.32. The van der Waals surface area contributed by atoms with Crippen LogP contribution in [0.15, 0.2) is 42.5 Å². The van der Waals surface area contributed by atoms with Crippen molar-refractivity contribution in [3.05, 3.63) is 64.6 Å². The molecule has 0 saturated heterocycles. The van der Waals surface area contributed by atoms with Crippen molar-refractivity contribution in [1.82, 2.24) is 9.47 Å². The smallest absolute Gasteiger partial charge is 0.123 e. The van der Waals surface area contributed by atoms with E-state index in [-0.39, 0.29) is 18.2 Å². The third-order valence-corrected chi connectivity index (χ3v) is 4.62. The maximum atomic E-state index is 13.3. The normalized spacial score (nSPS) is 14.6. The number of aromatic nitrogens is 1. The second-order valence-corrected chi connectivity index (χ2v) is 6.32. The Balaban J connectivity index is 0.00000156. The first-order valence-corrected chi connectivity index (χ1v) is 7.77. The SMILES string of the molecule is CN1CCc2c(c3cc(Cl)ccc3n2-c2ccc(F)cc2)C1.Cl. The number of likely N-dealkylation sites (N-methyl/N-ethyl adjacent to an activating group) is 1. The molecule has 0 radical (unpaired) electrons. The maximum absolute atomic E-state index is 13.3. The minimum Gasteiger partial charge on any atom is -0.313 e. The summed E-state index contributed by atoms with van der Waals surface area (Å²) >= 11 is 6.20. The van der Waals surface area contributed by atoms with E-state index >= 15 is 0 Å². The predicted molar refractivity (Wildman–Crippen MR) is 95.5 cm³/mol. The number of nitrogens with zero attached hydrogens (tertiary/aromatic N) is 2. The summed E-state index contributed by atoms with van der Waals surface area (Å²) in [5.74, 6) is -0.211. The van der Waals surface area contributed by atoms with Gasteiger partial charge < -0.3 is 9.47 Å². The molecule has 3 aromatic rings. The third kappa shape index (κ3) is 2.74. The fraction of sp³-hybridized carbons (Fsp3) is 0.222. The zero-order chi connectivity index (χ0) is 15.3. The van der Waals surface area contributed by atoms with E-state index in [4.69, 9.17) is 11.6 Å². The molecule has 1 aliphatic rings. The van der Waals surface area contributed by atoms with Crippen molar-refractivity contribution in [2.24, 2.45) is 0 Å². The number of benzene rings is 2. The molecule has 0 N–H and O–H groups in total. The zero-order valence-electron chi connectivity index (χ0n) is 12.7. The molecule has 4 rings (SSSR count). The van der Waals surface area contributed by atoms with Crippen molar-refractivity contribution in [2.75, 3.05) is 13.6 Å². The number of halogens is 3. The lowest BCUT2D eigenvalue weighted by Crippen LogP contribution is -2.27. The zero-order valence-corrected chi connectivity index (χ0v) is 14.3. The highest BCUT2D eigenvalue weighted by atomic mass is 35.5. The van der Waals surface area contributed by atoms with Gasteiger partial charge >= 0.3 is 0 Å². The second-order valence-electron chi connectivity index (χ2n) is 5.89. The van der Waals surface area contributed by atoms with Crippen molar-refractivity contribution in [3.8, 4) is 5.69 Å². The van der Waals surface area contributed by atoms with Crippen LogP contribution in [0.25, 0.3) is 16.6 Å². The van der Waals surface area contributed by atoms with Gasteiger partial charge in [-0.05, 0) is 55.1 Å². The van der Waals surface area contributed by atoms with E-state index in [9.17, 15) is 4.39 Å². The van der Waals surface area contributed by atoms with Crippen LogP contribution < -0.4 is 0 Å². The summed E-state index contributed by atoms with van der Waals surface area (Å²) in [5, 5.41) is 1.94. The summed E-state index contributed by atoms with van der Waals surface area (Å²) in [5.41, 5.74) is 4.77. The third-order valence-electron chi connectivity index (χ3n) is 4.39. The van der Waals surface area contributed by atoms with Gasteiger partial charge in [-0.1, -0.05) is 11.6 Å². The molecule has 0 bridgehead atoms. The highest BCUT2D eigenvalue weighted by Gasteiger charge is 2.23. The summed E-state index contributed by atoms with van der Waals surface area (Å²) in [6, 6.07) is 12.7. The van der Waals surface area contributed by atoms with Gasteiger partial charge in [0.1, 0.15) is 5.82 Å². The van der Waals surface area contributed by atoms with E-state index in [0.717, 1.165) is 35.7 Å². The van der Waals surface area contributed by atoms with Crippen molar-refractivity contribution >= 4 is 34.9 Å². The van der Waals surface area contributed by atoms with E-state index in [1.165, 1.54) is 28.8 Å². The average Bonchev–Trinajstić information content (AvgIpc) is 2.81. The number of rotatable bonds is 1. The largest absolute Gasteiger partial charge is 0.313 e. The average molecular weight is 351 g/mol. The minimum atomic E-state index is -0.211. The molecule has 0 fully saturated rings. The molecule has 120 valence electrons. The Labute approximate surface area is 145 Å². The van der Waals surface area contributed by atoms with Crippen molar-refractivity contribution < 1.29 is 4.39 Å². The first kappa shape index (κ1) is 16.3. The van der Waals surface area contributed by atoms with Gasteiger partial charge in [-0.25, -0.2) is 4.39 Å². The number of hydrogen-bond acceptors (Lipinski definition) is 1. The summed E-state index contributed by atoms with van der Waals surface area (Å²) in [6.45, 7) is 1.94. The Kier molecular flexibility index (Phi) is 4.37. The Bertz CT molecular complexity index is 856. The fourth-order valence-corrected chi connectivity index (χ4v) is 3.52. The topological polar surface area (TPSA) is 8.17 Å². The van der Waals surface area contributed by atoms with E-state index in [1.54, 1.807) is 0 Å². The van der Waals surface area contributed by atoms with Crippen molar-refractivity contribution in [3.63, 3.8) is 0 Å². The van der Waals surface area contributed by atoms with E-state index in [2.05, 4.69) is 22.6 Å². The van der Waals surface area contributed by atoms with Gasteiger partial charge in [-0.15, -0.1) is 12.4 Å². The molecule has 2 heterocycles. The molecular weight excluding hydrogens is 334 g/mol.